The largest absolute Gasteiger partial charge is 0.308 e. The molecule has 4 aromatic heterocycles. The Labute approximate surface area is 289 Å². The standard InChI is InChI=1S/C46H30N4/c1-3-21-41-39(19-1)45-43(23-9-25-47-45)49(41)37-17-7-15-35(29-37)33-13-5-11-31(27-33)32-12-6-14-34(28-32)36-16-8-18-38(30-36)50-42-22-4-2-20-40(42)46-44(50)24-10-26-48-46/h1-30H. The number of rotatable bonds is 5. The van der Waals surface area contributed by atoms with Crippen LogP contribution in [-0.4, -0.2) is 19.1 Å². The highest BCUT2D eigenvalue weighted by molar-refractivity contribution is 6.08. The smallest absolute Gasteiger partial charge is 0.0963 e. The van der Waals surface area contributed by atoms with Crippen molar-refractivity contribution >= 4 is 43.9 Å². The molecule has 0 saturated heterocycles. The van der Waals surface area contributed by atoms with Gasteiger partial charge in [0.1, 0.15) is 0 Å². The van der Waals surface area contributed by atoms with E-state index in [0.717, 1.165) is 55.2 Å². The van der Waals surface area contributed by atoms with Crippen molar-refractivity contribution in [1.82, 2.24) is 19.1 Å². The summed E-state index contributed by atoms with van der Waals surface area (Å²) in [5.74, 6) is 0. The van der Waals surface area contributed by atoms with Gasteiger partial charge in [-0.25, -0.2) is 0 Å². The number of hydrogen-bond donors (Lipinski definition) is 0. The van der Waals surface area contributed by atoms with Crippen LogP contribution in [0.25, 0.3) is 88.6 Å². The van der Waals surface area contributed by atoms with Crippen LogP contribution in [0, 0.1) is 0 Å². The monoisotopic (exact) mass is 638 g/mol. The Morgan fingerprint density at radius 1 is 0.300 bits per heavy atom. The van der Waals surface area contributed by atoms with E-state index in [0.29, 0.717) is 0 Å². The Balaban J connectivity index is 1.03. The highest BCUT2D eigenvalue weighted by Crippen LogP contribution is 2.35. The van der Waals surface area contributed by atoms with E-state index in [-0.39, 0.29) is 0 Å². The summed E-state index contributed by atoms with van der Waals surface area (Å²) < 4.78 is 4.64. The van der Waals surface area contributed by atoms with Crippen LogP contribution in [0.15, 0.2) is 182 Å². The fourth-order valence-electron chi connectivity index (χ4n) is 7.53. The van der Waals surface area contributed by atoms with Crippen molar-refractivity contribution in [2.24, 2.45) is 0 Å². The number of hydrogen-bond acceptors (Lipinski definition) is 2. The molecule has 0 fully saturated rings. The second kappa shape index (κ2) is 11.4. The van der Waals surface area contributed by atoms with E-state index in [9.17, 15) is 0 Å². The van der Waals surface area contributed by atoms with Gasteiger partial charge in [-0.15, -0.1) is 0 Å². The van der Waals surface area contributed by atoms with Crippen LogP contribution in [0.1, 0.15) is 0 Å². The maximum atomic E-state index is 4.73. The minimum absolute atomic E-state index is 1.02. The van der Waals surface area contributed by atoms with Gasteiger partial charge in [0.25, 0.3) is 0 Å². The fraction of sp³-hybridized carbons (Fsp3) is 0. The Morgan fingerprint density at radius 3 is 1.10 bits per heavy atom. The molecule has 10 rings (SSSR count). The molecule has 4 heteroatoms. The Morgan fingerprint density at radius 2 is 0.660 bits per heavy atom. The van der Waals surface area contributed by atoms with Gasteiger partial charge in [-0.1, -0.05) is 97.1 Å². The highest BCUT2D eigenvalue weighted by Gasteiger charge is 2.15. The summed E-state index contributed by atoms with van der Waals surface area (Å²) in [6.45, 7) is 0. The summed E-state index contributed by atoms with van der Waals surface area (Å²) in [5, 5.41) is 2.32. The molecule has 0 unspecified atom stereocenters. The molecule has 6 aromatic carbocycles. The van der Waals surface area contributed by atoms with E-state index in [1.165, 1.54) is 33.4 Å². The normalized spacial score (nSPS) is 11.6. The van der Waals surface area contributed by atoms with Crippen molar-refractivity contribution < 1.29 is 0 Å². The summed E-state index contributed by atoms with van der Waals surface area (Å²) in [6, 6.07) is 60.7. The molecule has 0 spiro atoms. The SMILES string of the molecule is c1cc(-c2cccc(-c3cccc(-n4c5ccccc5c5ncccc54)c3)c2)cc(-c2cccc(-n3c4ccccc4c4ncccc43)c2)c1. The molecule has 10 aromatic rings. The highest BCUT2D eigenvalue weighted by atomic mass is 15.0. The average Bonchev–Trinajstić information content (AvgIpc) is 3.71. The second-order valence-electron chi connectivity index (χ2n) is 12.7. The lowest BCUT2D eigenvalue weighted by atomic mass is 9.96. The number of aromatic nitrogens is 4. The van der Waals surface area contributed by atoms with Crippen molar-refractivity contribution in [3.63, 3.8) is 0 Å². The van der Waals surface area contributed by atoms with E-state index in [4.69, 9.17) is 9.97 Å². The van der Waals surface area contributed by atoms with Crippen LogP contribution >= 0.6 is 0 Å². The molecule has 4 heterocycles. The lowest BCUT2D eigenvalue weighted by Crippen LogP contribution is -1.94. The van der Waals surface area contributed by atoms with Crippen LogP contribution in [0.2, 0.25) is 0 Å². The van der Waals surface area contributed by atoms with E-state index in [1.54, 1.807) is 0 Å². The first-order valence-electron chi connectivity index (χ1n) is 16.9. The first-order valence-corrected chi connectivity index (χ1v) is 16.9. The van der Waals surface area contributed by atoms with Crippen LogP contribution < -0.4 is 0 Å². The molecule has 0 saturated carbocycles. The van der Waals surface area contributed by atoms with Gasteiger partial charge in [-0.3, -0.25) is 9.97 Å². The third kappa shape index (κ3) is 4.54. The number of pyridine rings is 2. The topological polar surface area (TPSA) is 35.6 Å². The quantitative estimate of drug-likeness (QED) is 0.188. The molecule has 0 aliphatic heterocycles. The Bertz CT molecular complexity index is 2590. The predicted octanol–water partition coefficient (Wildman–Crippen LogP) is 11.7. The van der Waals surface area contributed by atoms with Crippen molar-refractivity contribution in [3.05, 3.63) is 182 Å². The zero-order valence-corrected chi connectivity index (χ0v) is 27.1. The van der Waals surface area contributed by atoms with Crippen molar-refractivity contribution in [1.29, 1.82) is 0 Å². The van der Waals surface area contributed by atoms with Gasteiger partial charge in [0, 0.05) is 34.5 Å². The number of benzene rings is 6. The van der Waals surface area contributed by atoms with Gasteiger partial charge in [0.2, 0.25) is 0 Å². The molecule has 0 aliphatic carbocycles. The lowest BCUT2D eigenvalue weighted by molar-refractivity contribution is 1.18. The first-order chi connectivity index (χ1) is 24.8. The minimum Gasteiger partial charge on any atom is -0.308 e. The zero-order valence-electron chi connectivity index (χ0n) is 27.1. The van der Waals surface area contributed by atoms with Crippen molar-refractivity contribution in [2.75, 3.05) is 0 Å². The molecule has 234 valence electrons. The Hall–Kier alpha value is -6.78. The van der Waals surface area contributed by atoms with Gasteiger partial charge >= 0.3 is 0 Å². The summed E-state index contributed by atoms with van der Waals surface area (Å²) in [7, 11) is 0. The molecule has 0 atom stereocenters. The number of fused-ring (bicyclic) bond motifs is 6. The molecular weight excluding hydrogens is 609 g/mol. The van der Waals surface area contributed by atoms with Gasteiger partial charge in [-0.2, -0.15) is 0 Å². The van der Waals surface area contributed by atoms with Crippen molar-refractivity contribution in [2.45, 2.75) is 0 Å². The van der Waals surface area contributed by atoms with Crippen molar-refractivity contribution in [3.8, 4) is 44.8 Å². The molecular formula is C46H30N4. The molecule has 0 aliphatic rings. The molecule has 0 amide bonds. The molecule has 4 nitrogen and oxygen atoms in total. The zero-order chi connectivity index (χ0) is 33.0. The van der Waals surface area contributed by atoms with Crippen LogP contribution in [0.5, 0.6) is 0 Å². The predicted molar refractivity (Wildman–Crippen MR) is 207 cm³/mol. The fourth-order valence-corrected chi connectivity index (χ4v) is 7.53. The van der Waals surface area contributed by atoms with Gasteiger partial charge in [0.15, 0.2) is 0 Å². The third-order valence-corrected chi connectivity index (χ3v) is 9.79. The third-order valence-electron chi connectivity index (χ3n) is 9.79. The van der Waals surface area contributed by atoms with Gasteiger partial charge < -0.3 is 9.13 Å². The van der Waals surface area contributed by atoms with E-state index >= 15 is 0 Å². The van der Waals surface area contributed by atoms with Crippen LogP contribution in [-0.2, 0) is 0 Å². The van der Waals surface area contributed by atoms with Gasteiger partial charge in [0.05, 0.1) is 33.1 Å². The summed E-state index contributed by atoms with van der Waals surface area (Å²) in [4.78, 5) is 9.45. The molecule has 0 bridgehead atoms. The maximum Gasteiger partial charge on any atom is 0.0963 e. The van der Waals surface area contributed by atoms with E-state index < -0.39 is 0 Å². The van der Waals surface area contributed by atoms with Crippen LogP contribution in [0.4, 0.5) is 0 Å². The minimum atomic E-state index is 1.02. The Kier molecular flexibility index (Phi) is 6.46. The first kappa shape index (κ1) is 28.3. The molecule has 0 N–H and O–H groups in total. The van der Waals surface area contributed by atoms with E-state index in [2.05, 4.69) is 167 Å². The van der Waals surface area contributed by atoms with Crippen LogP contribution in [0.3, 0.4) is 0 Å². The number of nitrogens with zero attached hydrogens (tertiary/aromatic N) is 4. The second-order valence-corrected chi connectivity index (χ2v) is 12.7. The average molecular weight is 639 g/mol. The molecule has 50 heavy (non-hydrogen) atoms. The summed E-state index contributed by atoms with van der Waals surface area (Å²) in [6.07, 6.45) is 3.74. The number of para-hydroxylation sites is 2. The van der Waals surface area contributed by atoms with Gasteiger partial charge in [-0.05, 0) is 106 Å². The summed E-state index contributed by atoms with van der Waals surface area (Å²) in [5.41, 5.74) is 15.9. The lowest BCUT2D eigenvalue weighted by Gasteiger charge is -2.12. The van der Waals surface area contributed by atoms with E-state index in [1.807, 2.05) is 24.5 Å². The maximum absolute atomic E-state index is 4.73. The molecule has 0 radical (unpaired) electrons. The summed E-state index contributed by atoms with van der Waals surface area (Å²) >= 11 is 0.